The van der Waals surface area contributed by atoms with Crippen LogP contribution >= 0.6 is 11.6 Å². The Morgan fingerprint density at radius 2 is 1.92 bits per heavy atom. The number of carbonyl (C=O) groups is 1. The summed E-state index contributed by atoms with van der Waals surface area (Å²) in [7, 11) is -1.14. The predicted molar refractivity (Wildman–Crippen MR) is 86.1 cm³/mol. The highest BCUT2D eigenvalue weighted by atomic mass is 35.5. The number of halogens is 1. The van der Waals surface area contributed by atoms with Gasteiger partial charge in [0.2, 0.25) is 10.0 Å². The maximum absolute atomic E-state index is 13.1. The Bertz CT molecular complexity index is 780. The lowest BCUT2D eigenvalue weighted by Gasteiger charge is -2.24. The molecule has 0 aliphatic carbocycles. The van der Waals surface area contributed by atoms with Gasteiger partial charge in [-0.1, -0.05) is 11.6 Å². The molecule has 0 radical (unpaired) electrons. The van der Waals surface area contributed by atoms with Gasteiger partial charge >= 0.3 is 5.97 Å². The van der Waals surface area contributed by atoms with E-state index in [2.05, 4.69) is 0 Å². The van der Waals surface area contributed by atoms with Crippen molar-refractivity contribution in [1.82, 2.24) is 4.31 Å². The molecule has 132 valence electrons. The smallest absolute Gasteiger partial charge is 0.308 e. The van der Waals surface area contributed by atoms with Gasteiger partial charge in [0.1, 0.15) is 16.4 Å². The van der Waals surface area contributed by atoms with E-state index in [9.17, 15) is 18.3 Å². The number of hydrogen-bond acceptors (Lipinski definition) is 5. The maximum atomic E-state index is 13.1. The molecular formula is C15H18ClNO6S. The molecule has 2 fully saturated rings. The maximum Gasteiger partial charge on any atom is 0.308 e. The molecule has 24 heavy (non-hydrogen) atoms. The highest BCUT2D eigenvalue weighted by Crippen LogP contribution is 2.47. The summed E-state index contributed by atoms with van der Waals surface area (Å²) in [5.74, 6) is -1.20. The number of rotatable bonds is 5. The van der Waals surface area contributed by atoms with Crippen LogP contribution in [0.3, 0.4) is 0 Å². The van der Waals surface area contributed by atoms with Crippen molar-refractivity contribution >= 4 is 27.6 Å². The third-order valence-electron chi connectivity index (χ3n) is 4.78. The van der Waals surface area contributed by atoms with Crippen molar-refractivity contribution in [3.63, 3.8) is 0 Å². The summed E-state index contributed by atoms with van der Waals surface area (Å²) >= 11 is 6.08. The van der Waals surface area contributed by atoms with Crippen LogP contribution in [0.2, 0.25) is 5.02 Å². The molecule has 0 spiro atoms. The van der Waals surface area contributed by atoms with Crippen molar-refractivity contribution in [2.45, 2.75) is 36.2 Å². The van der Waals surface area contributed by atoms with E-state index in [1.54, 1.807) is 0 Å². The number of hydrogen-bond donors (Lipinski definition) is 1. The van der Waals surface area contributed by atoms with Crippen LogP contribution in [0.1, 0.15) is 19.3 Å². The molecule has 7 nitrogen and oxygen atoms in total. The van der Waals surface area contributed by atoms with Gasteiger partial charge in [-0.15, -0.1) is 0 Å². The Hall–Kier alpha value is -1.51. The fraction of sp³-hybridized carbons (Fsp3) is 0.533. The number of carboxylic acids is 1. The van der Waals surface area contributed by atoms with Crippen LogP contribution in [0.25, 0.3) is 0 Å². The first-order valence-corrected chi connectivity index (χ1v) is 9.31. The average Bonchev–Trinajstić information content (AvgIpc) is 3.13. The van der Waals surface area contributed by atoms with Gasteiger partial charge in [0.25, 0.3) is 0 Å². The molecule has 2 aliphatic rings. The molecule has 0 aromatic heterocycles. The van der Waals surface area contributed by atoms with E-state index < -0.39 is 28.0 Å². The van der Waals surface area contributed by atoms with Crippen LogP contribution in [-0.2, 0) is 14.8 Å². The molecule has 3 unspecified atom stereocenters. The highest BCUT2D eigenvalue weighted by Gasteiger charge is 2.54. The summed E-state index contributed by atoms with van der Waals surface area (Å²) in [4.78, 5) is 11.3. The molecule has 1 N–H and O–H groups in total. The van der Waals surface area contributed by atoms with Crippen molar-refractivity contribution in [2.24, 2.45) is 5.92 Å². The summed E-state index contributed by atoms with van der Waals surface area (Å²) < 4.78 is 37.9. The van der Waals surface area contributed by atoms with E-state index in [0.29, 0.717) is 25.0 Å². The second-order valence-electron chi connectivity index (χ2n) is 5.95. The molecular weight excluding hydrogens is 358 g/mol. The second-order valence-corrected chi connectivity index (χ2v) is 8.17. The SMILES string of the molecule is COc1cc(OC)c(S(=O)(=O)N2C3CCC2C(C(=O)O)C3)cc1Cl. The van der Waals surface area contributed by atoms with E-state index in [0.717, 1.165) is 0 Å². The monoisotopic (exact) mass is 375 g/mol. The number of benzene rings is 1. The summed E-state index contributed by atoms with van der Waals surface area (Å²) in [6, 6.07) is 1.89. The van der Waals surface area contributed by atoms with Gasteiger partial charge in [-0.3, -0.25) is 4.79 Å². The lowest BCUT2D eigenvalue weighted by molar-refractivity contribution is -0.142. The van der Waals surface area contributed by atoms with Crippen LogP contribution in [0.5, 0.6) is 11.5 Å². The van der Waals surface area contributed by atoms with E-state index in [4.69, 9.17) is 21.1 Å². The normalized spacial score (nSPS) is 26.5. The largest absolute Gasteiger partial charge is 0.495 e. The zero-order valence-electron chi connectivity index (χ0n) is 13.2. The van der Waals surface area contributed by atoms with E-state index in [-0.39, 0.29) is 21.7 Å². The lowest BCUT2D eigenvalue weighted by atomic mass is 9.89. The fourth-order valence-electron chi connectivity index (χ4n) is 3.73. The van der Waals surface area contributed by atoms with Crippen LogP contribution in [0.4, 0.5) is 0 Å². The number of methoxy groups -OCH3 is 2. The van der Waals surface area contributed by atoms with Gasteiger partial charge in [0.05, 0.1) is 25.2 Å². The first-order valence-electron chi connectivity index (χ1n) is 7.49. The van der Waals surface area contributed by atoms with Gasteiger partial charge in [-0.05, 0) is 25.3 Å². The molecule has 0 saturated carbocycles. The molecule has 3 atom stereocenters. The number of carboxylic acid groups (broad SMARTS) is 1. The molecule has 0 amide bonds. The topological polar surface area (TPSA) is 93.1 Å². The van der Waals surface area contributed by atoms with Crippen LogP contribution in [0.15, 0.2) is 17.0 Å². The number of ether oxygens (including phenoxy) is 2. The molecule has 1 aromatic rings. The number of sulfonamides is 1. The number of nitrogens with zero attached hydrogens (tertiary/aromatic N) is 1. The molecule has 9 heteroatoms. The first-order chi connectivity index (χ1) is 11.3. The third kappa shape index (κ3) is 2.53. The standard InChI is InChI=1S/C15H18ClNO6S/c1-22-12-7-13(23-2)14(6-10(12)16)24(20,21)17-8-3-4-11(17)9(5-8)15(18)19/h6-9,11H,3-5H2,1-2H3,(H,18,19). The van der Waals surface area contributed by atoms with Gasteiger partial charge in [-0.25, -0.2) is 8.42 Å². The Kier molecular flexibility index (Phi) is 4.39. The Labute approximate surface area is 145 Å². The van der Waals surface area contributed by atoms with Crippen molar-refractivity contribution < 1.29 is 27.8 Å². The van der Waals surface area contributed by atoms with Gasteiger partial charge in [-0.2, -0.15) is 4.31 Å². The van der Waals surface area contributed by atoms with Gasteiger partial charge < -0.3 is 14.6 Å². The van der Waals surface area contributed by atoms with Crippen molar-refractivity contribution in [2.75, 3.05) is 14.2 Å². The van der Waals surface area contributed by atoms with Crippen molar-refractivity contribution in [3.8, 4) is 11.5 Å². The molecule has 3 rings (SSSR count). The Morgan fingerprint density at radius 1 is 1.25 bits per heavy atom. The molecule has 2 aliphatic heterocycles. The summed E-state index contributed by atoms with van der Waals surface area (Å²) in [5.41, 5.74) is 0. The van der Waals surface area contributed by atoms with E-state index >= 15 is 0 Å². The summed E-state index contributed by atoms with van der Waals surface area (Å²) in [6.07, 6.45) is 1.55. The van der Waals surface area contributed by atoms with E-state index in [1.165, 1.54) is 30.7 Å². The van der Waals surface area contributed by atoms with Crippen LogP contribution in [-0.4, -0.2) is 50.1 Å². The summed E-state index contributed by atoms with van der Waals surface area (Å²) in [5, 5.41) is 9.47. The van der Waals surface area contributed by atoms with Crippen LogP contribution in [0, 0.1) is 5.92 Å². The van der Waals surface area contributed by atoms with Gasteiger partial charge in [0.15, 0.2) is 0 Å². The third-order valence-corrected chi connectivity index (χ3v) is 7.08. The minimum absolute atomic E-state index is 0.0706. The zero-order chi connectivity index (χ0) is 17.6. The zero-order valence-corrected chi connectivity index (χ0v) is 14.8. The van der Waals surface area contributed by atoms with Crippen molar-refractivity contribution in [1.29, 1.82) is 0 Å². The van der Waals surface area contributed by atoms with Crippen molar-refractivity contribution in [3.05, 3.63) is 17.2 Å². The Balaban J connectivity index is 2.06. The fourth-order valence-corrected chi connectivity index (χ4v) is 6.12. The highest BCUT2D eigenvalue weighted by molar-refractivity contribution is 7.89. The van der Waals surface area contributed by atoms with Gasteiger partial charge in [0, 0.05) is 18.2 Å². The van der Waals surface area contributed by atoms with E-state index in [1.807, 2.05) is 0 Å². The second kappa shape index (κ2) is 6.09. The number of fused-ring (bicyclic) bond motifs is 2. The quantitative estimate of drug-likeness (QED) is 0.845. The molecule has 2 bridgehead atoms. The number of aliphatic carboxylic acids is 1. The first kappa shape index (κ1) is 17.3. The average molecular weight is 376 g/mol. The lowest BCUT2D eigenvalue weighted by Crippen LogP contribution is -2.38. The molecule has 2 heterocycles. The molecule has 2 saturated heterocycles. The minimum Gasteiger partial charge on any atom is -0.495 e. The predicted octanol–water partition coefficient (Wildman–Crippen LogP) is 1.98. The summed E-state index contributed by atoms with van der Waals surface area (Å²) in [6.45, 7) is 0. The molecule has 1 aromatic carbocycles. The van der Waals surface area contributed by atoms with Crippen LogP contribution < -0.4 is 9.47 Å². The minimum atomic E-state index is -3.93. The Morgan fingerprint density at radius 3 is 2.46 bits per heavy atom.